The molecule has 2 rings (SSSR count). The Hall–Kier alpha value is -2.16. The third-order valence-electron chi connectivity index (χ3n) is 2.92. The molecule has 1 heterocycles. The van der Waals surface area contributed by atoms with E-state index in [9.17, 15) is 4.79 Å². The molecule has 98 valence electrons. The van der Waals surface area contributed by atoms with Crippen LogP contribution in [0.5, 0.6) is 5.75 Å². The van der Waals surface area contributed by atoms with Crippen LogP contribution in [-0.4, -0.2) is 17.4 Å². The molecular weight excluding hydrogens is 238 g/mol. The zero-order valence-corrected chi connectivity index (χ0v) is 11.4. The molecule has 0 fully saturated rings. The van der Waals surface area contributed by atoms with Crippen LogP contribution in [0.1, 0.15) is 34.0 Å². The van der Waals surface area contributed by atoms with Crippen molar-refractivity contribution in [3.05, 3.63) is 58.9 Å². The van der Waals surface area contributed by atoms with Gasteiger partial charge in [0.25, 0.3) is 0 Å². The van der Waals surface area contributed by atoms with Crippen molar-refractivity contribution in [1.82, 2.24) is 4.98 Å². The van der Waals surface area contributed by atoms with Gasteiger partial charge in [-0.15, -0.1) is 0 Å². The summed E-state index contributed by atoms with van der Waals surface area (Å²) in [6, 6.07) is 7.61. The van der Waals surface area contributed by atoms with Crippen molar-refractivity contribution in [3.8, 4) is 5.75 Å². The maximum Gasteiger partial charge on any atom is 0.194 e. The van der Waals surface area contributed by atoms with E-state index < -0.39 is 0 Å². The average Bonchev–Trinajstić information content (AvgIpc) is 2.41. The summed E-state index contributed by atoms with van der Waals surface area (Å²) in [6.07, 6.45) is 3.19. The third kappa shape index (κ3) is 2.99. The highest BCUT2D eigenvalue weighted by molar-refractivity contribution is 6.10. The number of aromatic nitrogens is 1. The highest BCUT2D eigenvalue weighted by Gasteiger charge is 2.13. The average molecular weight is 255 g/mol. The maximum atomic E-state index is 12.5. The van der Waals surface area contributed by atoms with Crippen molar-refractivity contribution in [3.63, 3.8) is 0 Å². The number of pyridine rings is 1. The molecule has 1 aromatic carbocycles. The summed E-state index contributed by atoms with van der Waals surface area (Å²) in [5.41, 5.74) is 3.32. The van der Waals surface area contributed by atoms with Gasteiger partial charge in [0.2, 0.25) is 0 Å². The molecule has 2 aromatic rings. The van der Waals surface area contributed by atoms with E-state index in [4.69, 9.17) is 4.74 Å². The predicted octanol–water partition coefficient (Wildman–Crippen LogP) is 3.33. The van der Waals surface area contributed by atoms with E-state index in [1.54, 1.807) is 18.5 Å². The molecule has 0 saturated carbocycles. The number of carbonyl (C=O) groups excluding carboxylic acids is 1. The van der Waals surface area contributed by atoms with Crippen LogP contribution >= 0.6 is 0 Å². The quantitative estimate of drug-likeness (QED) is 0.787. The topological polar surface area (TPSA) is 39.2 Å². The first kappa shape index (κ1) is 13.3. The van der Waals surface area contributed by atoms with Gasteiger partial charge in [0, 0.05) is 17.3 Å². The first-order valence-electron chi connectivity index (χ1n) is 6.31. The molecule has 3 heteroatoms. The summed E-state index contributed by atoms with van der Waals surface area (Å²) in [7, 11) is 0. The van der Waals surface area contributed by atoms with Gasteiger partial charge in [-0.3, -0.25) is 9.78 Å². The molecule has 0 aliphatic carbocycles. The Balaban J connectivity index is 2.38. The molecule has 0 aliphatic rings. The van der Waals surface area contributed by atoms with Crippen LogP contribution in [0, 0.1) is 13.8 Å². The Morgan fingerprint density at radius 1 is 1.21 bits per heavy atom. The number of aryl methyl sites for hydroxylation is 2. The molecule has 0 aliphatic heterocycles. The van der Waals surface area contributed by atoms with Crippen molar-refractivity contribution in [2.24, 2.45) is 0 Å². The first-order valence-corrected chi connectivity index (χ1v) is 6.31. The van der Waals surface area contributed by atoms with E-state index >= 15 is 0 Å². The molecule has 0 amide bonds. The van der Waals surface area contributed by atoms with E-state index in [1.807, 2.05) is 39.0 Å². The van der Waals surface area contributed by atoms with Gasteiger partial charge in [-0.25, -0.2) is 0 Å². The van der Waals surface area contributed by atoms with Crippen LogP contribution in [0.2, 0.25) is 0 Å². The fraction of sp³-hybridized carbons (Fsp3) is 0.250. The Morgan fingerprint density at radius 3 is 2.74 bits per heavy atom. The van der Waals surface area contributed by atoms with Gasteiger partial charge >= 0.3 is 0 Å². The molecule has 3 nitrogen and oxygen atoms in total. The molecular formula is C16H17NO2. The summed E-state index contributed by atoms with van der Waals surface area (Å²) in [5, 5.41) is 0. The van der Waals surface area contributed by atoms with Gasteiger partial charge in [0.1, 0.15) is 5.75 Å². The molecule has 0 atom stereocenters. The van der Waals surface area contributed by atoms with Gasteiger partial charge in [-0.1, -0.05) is 17.7 Å². The van der Waals surface area contributed by atoms with Crippen molar-refractivity contribution >= 4 is 5.78 Å². The molecule has 0 spiro atoms. The SMILES string of the molecule is CCOc1cncc(C(=O)c2cc(C)ccc2C)c1. The van der Waals surface area contributed by atoms with Crippen molar-refractivity contribution < 1.29 is 9.53 Å². The monoisotopic (exact) mass is 255 g/mol. The minimum absolute atomic E-state index is 0.0183. The Morgan fingerprint density at radius 2 is 2.00 bits per heavy atom. The smallest absolute Gasteiger partial charge is 0.194 e. The zero-order chi connectivity index (χ0) is 13.8. The lowest BCUT2D eigenvalue weighted by Crippen LogP contribution is -2.05. The van der Waals surface area contributed by atoms with Crippen LogP contribution in [0.4, 0.5) is 0 Å². The van der Waals surface area contributed by atoms with E-state index in [1.165, 1.54) is 0 Å². The third-order valence-corrected chi connectivity index (χ3v) is 2.92. The van der Waals surface area contributed by atoms with Crippen LogP contribution in [-0.2, 0) is 0 Å². The number of ether oxygens (including phenoxy) is 1. The molecule has 0 N–H and O–H groups in total. The number of hydrogen-bond acceptors (Lipinski definition) is 3. The number of ketones is 1. The Kier molecular flexibility index (Phi) is 3.95. The van der Waals surface area contributed by atoms with Crippen molar-refractivity contribution in [2.75, 3.05) is 6.61 Å². The zero-order valence-electron chi connectivity index (χ0n) is 11.4. The van der Waals surface area contributed by atoms with Gasteiger partial charge < -0.3 is 4.74 Å². The molecule has 0 radical (unpaired) electrons. The number of rotatable bonds is 4. The summed E-state index contributed by atoms with van der Waals surface area (Å²) in [5.74, 6) is 0.605. The number of nitrogens with zero attached hydrogens (tertiary/aromatic N) is 1. The van der Waals surface area contributed by atoms with E-state index in [-0.39, 0.29) is 5.78 Å². The van der Waals surface area contributed by atoms with Gasteiger partial charge in [0.15, 0.2) is 5.78 Å². The molecule has 0 bridgehead atoms. The van der Waals surface area contributed by atoms with Crippen molar-refractivity contribution in [1.29, 1.82) is 0 Å². The van der Waals surface area contributed by atoms with Crippen LogP contribution < -0.4 is 4.74 Å². The van der Waals surface area contributed by atoms with E-state index in [0.717, 1.165) is 16.7 Å². The van der Waals surface area contributed by atoms with E-state index in [2.05, 4.69) is 4.98 Å². The predicted molar refractivity (Wildman–Crippen MR) is 74.8 cm³/mol. The van der Waals surface area contributed by atoms with Crippen LogP contribution in [0.25, 0.3) is 0 Å². The highest BCUT2D eigenvalue weighted by Crippen LogP contribution is 2.18. The molecule has 0 saturated heterocycles. The summed E-state index contributed by atoms with van der Waals surface area (Å²) < 4.78 is 5.37. The minimum atomic E-state index is -0.0183. The number of carbonyl (C=O) groups is 1. The minimum Gasteiger partial charge on any atom is -0.492 e. The fourth-order valence-electron chi connectivity index (χ4n) is 1.92. The Labute approximate surface area is 113 Å². The van der Waals surface area contributed by atoms with Gasteiger partial charge in [-0.2, -0.15) is 0 Å². The second-order valence-corrected chi connectivity index (χ2v) is 4.49. The summed E-state index contributed by atoms with van der Waals surface area (Å²) in [6.45, 7) is 6.37. The second kappa shape index (κ2) is 5.65. The van der Waals surface area contributed by atoms with Crippen LogP contribution in [0.3, 0.4) is 0 Å². The lowest BCUT2D eigenvalue weighted by atomic mass is 9.98. The number of benzene rings is 1. The maximum absolute atomic E-state index is 12.5. The van der Waals surface area contributed by atoms with Gasteiger partial charge in [-0.05, 0) is 38.5 Å². The lowest BCUT2D eigenvalue weighted by Gasteiger charge is -2.08. The molecule has 19 heavy (non-hydrogen) atoms. The fourth-order valence-corrected chi connectivity index (χ4v) is 1.92. The normalized spacial score (nSPS) is 10.3. The highest BCUT2D eigenvalue weighted by atomic mass is 16.5. The standard InChI is InChI=1S/C16H17NO2/c1-4-19-14-8-13(9-17-10-14)16(18)15-7-11(2)5-6-12(15)3/h5-10H,4H2,1-3H3. The first-order chi connectivity index (χ1) is 9.11. The van der Waals surface area contributed by atoms with Crippen molar-refractivity contribution in [2.45, 2.75) is 20.8 Å². The van der Waals surface area contributed by atoms with Gasteiger partial charge in [0.05, 0.1) is 12.8 Å². The Bertz CT molecular complexity index is 605. The molecule has 0 unspecified atom stereocenters. The second-order valence-electron chi connectivity index (χ2n) is 4.49. The number of hydrogen-bond donors (Lipinski definition) is 0. The largest absolute Gasteiger partial charge is 0.492 e. The van der Waals surface area contributed by atoms with Crippen LogP contribution in [0.15, 0.2) is 36.7 Å². The summed E-state index contributed by atoms with van der Waals surface area (Å²) in [4.78, 5) is 16.5. The summed E-state index contributed by atoms with van der Waals surface area (Å²) >= 11 is 0. The lowest BCUT2D eigenvalue weighted by molar-refractivity contribution is 0.103. The molecule has 1 aromatic heterocycles. The van der Waals surface area contributed by atoms with E-state index in [0.29, 0.717) is 17.9 Å².